The van der Waals surface area contributed by atoms with Crippen LogP contribution in [-0.4, -0.2) is 4.98 Å². The molecule has 0 spiro atoms. The van der Waals surface area contributed by atoms with Gasteiger partial charge < -0.3 is 0 Å². The van der Waals surface area contributed by atoms with Crippen molar-refractivity contribution in [2.45, 2.75) is 20.3 Å². The van der Waals surface area contributed by atoms with Gasteiger partial charge in [-0.1, -0.05) is 18.3 Å². The molecule has 0 aliphatic carbocycles. The van der Waals surface area contributed by atoms with Crippen molar-refractivity contribution in [3.8, 4) is 0 Å². The summed E-state index contributed by atoms with van der Waals surface area (Å²) in [5.41, 5.74) is 0.900. The van der Waals surface area contributed by atoms with Crippen LogP contribution in [0, 0.1) is 29.5 Å². The van der Waals surface area contributed by atoms with Crippen LogP contribution in [0.1, 0.15) is 18.3 Å². The fourth-order valence-electron chi connectivity index (χ4n) is 2.68. The first kappa shape index (κ1) is 14.2. The van der Waals surface area contributed by atoms with Gasteiger partial charge in [0, 0.05) is 6.42 Å². The largest absolute Gasteiger partial charge is 0.271 e. The SMILES string of the molecule is CCc1c(C)nc2c(F)c3c(F)c(F)sc3c(F)c2[n+]1C. The fourth-order valence-corrected chi connectivity index (χ4v) is 3.52. The van der Waals surface area contributed by atoms with E-state index >= 15 is 0 Å². The first-order valence-electron chi connectivity index (χ1n) is 6.32. The molecule has 0 radical (unpaired) electrons. The zero-order chi connectivity index (χ0) is 15.5. The molecule has 3 aromatic rings. The second kappa shape index (κ2) is 4.62. The molecule has 1 aromatic carbocycles. The number of nitrogens with zero attached hydrogens (tertiary/aromatic N) is 2. The highest BCUT2D eigenvalue weighted by Crippen LogP contribution is 2.36. The predicted molar refractivity (Wildman–Crippen MR) is 72.2 cm³/mol. The monoisotopic (exact) mass is 315 g/mol. The standard InChI is InChI=1S/C14H11F4N2S/c1-4-6-5(2)19-11-8(15)7-9(16)14(18)21-13(7)10(17)12(11)20(6)3/h4H2,1-3H3/q+1. The van der Waals surface area contributed by atoms with E-state index < -0.39 is 28.0 Å². The van der Waals surface area contributed by atoms with E-state index in [4.69, 9.17) is 0 Å². The molecule has 21 heavy (non-hydrogen) atoms. The number of thiophene rings is 1. The quantitative estimate of drug-likeness (QED) is 0.494. The molecule has 0 fully saturated rings. The Morgan fingerprint density at radius 3 is 2.38 bits per heavy atom. The molecule has 110 valence electrons. The highest BCUT2D eigenvalue weighted by atomic mass is 32.1. The molecule has 2 aromatic heterocycles. The van der Waals surface area contributed by atoms with Crippen LogP contribution >= 0.6 is 11.3 Å². The van der Waals surface area contributed by atoms with E-state index in [-0.39, 0.29) is 27.1 Å². The minimum Gasteiger partial charge on any atom is -0.237 e. The van der Waals surface area contributed by atoms with Crippen molar-refractivity contribution in [3.63, 3.8) is 0 Å². The zero-order valence-electron chi connectivity index (χ0n) is 11.5. The van der Waals surface area contributed by atoms with Crippen LogP contribution in [0.4, 0.5) is 17.6 Å². The van der Waals surface area contributed by atoms with Gasteiger partial charge in [0.25, 0.3) is 5.52 Å². The molecule has 2 heterocycles. The average molecular weight is 315 g/mol. The summed E-state index contributed by atoms with van der Waals surface area (Å²) in [6.45, 7) is 3.54. The molecule has 0 unspecified atom stereocenters. The lowest BCUT2D eigenvalue weighted by Crippen LogP contribution is -2.37. The summed E-state index contributed by atoms with van der Waals surface area (Å²) in [4.78, 5) is 4.05. The number of hydrogen-bond acceptors (Lipinski definition) is 2. The molecule has 3 rings (SSSR count). The summed E-state index contributed by atoms with van der Waals surface area (Å²) >= 11 is 0.263. The van der Waals surface area contributed by atoms with E-state index in [2.05, 4.69) is 4.98 Å². The third kappa shape index (κ3) is 1.76. The van der Waals surface area contributed by atoms with Gasteiger partial charge in [0.15, 0.2) is 17.2 Å². The van der Waals surface area contributed by atoms with Gasteiger partial charge in [-0.2, -0.15) is 13.3 Å². The Morgan fingerprint density at radius 2 is 1.76 bits per heavy atom. The van der Waals surface area contributed by atoms with E-state index in [9.17, 15) is 17.6 Å². The molecule has 0 N–H and O–H groups in total. The van der Waals surface area contributed by atoms with Gasteiger partial charge in [-0.05, 0) is 6.92 Å². The van der Waals surface area contributed by atoms with Crippen LogP contribution in [0.2, 0.25) is 0 Å². The number of benzene rings is 1. The van der Waals surface area contributed by atoms with Crippen molar-refractivity contribution in [1.29, 1.82) is 0 Å². The Hall–Kier alpha value is -1.76. The van der Waals surface area contributed by atoms with Crippen LogP contribution in [0.3, 0.4) is 0 Å². The van der Waals surface area contributed by atoms with Gasteiger partial charge in [0.1, 0.15) is 12.7 Å². The van der Waals surface area contributed by atoms with Gasteiger partial charge in [-0.25, -0.2) is 13.8 Å². The summed E-state index contributed by atoms with van der Waals surface area (Å²) in [5, 5.41) is -1.90. The van der Waals surface area contributed by atoms with Gasteiger partial charge >= 0.3 is 0 Å². The number of aromatic nitrogens is 2. The Bertz CT molecular complexity index is 902. The maximum Gasteiger partial charge on any atom is 0.271 e. The number of hydrogen-bond donors (Lipinski definition) is 0. The van der Waals surface area contributed by atoms with Crippen molar-refractivity contribution in [1.82, 2.24) is 4.98 Å². The van der Waals surface area contributed by atoms with Gasteiger partial charge in [-0.3, -0.25) is 0 Å². The Balaban J connectivity index is 2.65. The maximum atomic E-state index is 14.6. The summed E-state index contributed by atoms with van der Waals surface area (Å²) < 4.78 is 57.2. The average Bonchev–Trinajstić information content (AvgIpc) is 2.73. The van der Waals surface area contributed by atoms with Gasteiger partial charge in [0.2, 0.25) is 16.6 Å². The number of aryl methyl sites for hydroxylation is 2. The first-order chi connectivity index (χ1) is 9.88. The van der Waals surface area contributed by atoms with E-state index in [0.717, 1.165) is 5.69 Å². The Labute approximate surface area is 121 Å². The minimum absolute atomic E-state index is 0.0799. The van der Waals surface area contributed by atoms with E-state index in [1.54, 1.807) is 14.0 Å². The number of halogens is 4. The second-order valence-corrected chi connectivity index (χ2v) is 5.75. The minimum atomic E-state index is -1.37. The van der Waals surface area contributed by atoms with Gasteiger partial charge in [0.05, 0.1) is 10.1 Å². The van der Waals surface area contributed by atoms with Crippen LogP contribution in [0.5, 0.6) is 0 Å². The summed E-state index contributed by atoms with van der Waals surface area (Å²) in [5.74, 6) is -3.24. The van der Waals surface area contributed by atoms with Crippen molar-refractivity contribution >= 4 is 32.5 Å². The topological polar surface area (TPSA) is 16.8 Å². The first-order valence-corrected chi connectivity index (χ1v) is 7.13. The van der Waals surface area contributed by atoms with Crippen LogP contribution in [-0.2, 0) is 13.5 Å². The highest BCUT2D eigenvalue weighted by molar-refractivity contribution is 7.17. The van der Waals surface area contributed by atoms with Crippen LogP contribution in [0.15, 0.2) is 0 Å². The van der Waals surface area contributed by atoms with Crippen LogP contribution < -0.4 is 4.57 Å². The van der Waals surface area contributed by atoms with Gasteiger partial charge in [-0.15, -0.1) is 0 Å². The summed E-state index contributed by atoms with van der Waals surface area (Å²) in [7, 11) is 1.59. The molecule has 0 aliphatic rings. The lowest BCUT2D eigenvalue weighted by molar-refractivity contribution is -0.654. The maximum absolute atomic E-state index is 14.6. The third-order valence-corrected chi connectivity index (χ3v) is 4.59. The Kier molecular flexibility index (Phi) is 3.12. The second-order valence-electron chi connectivity index (χ2n) is 4.78. The molecule has 0 saturated heterocycles. The highest BCUT2D eigenvalue weighted by Gasteiger charge is 2.30. The predicted octanol–water partition coefficient (Wildman–Crippen LogP) is 3.70. The lowest BCUT2D eigenvalue weighted by atomic mass is 10.1. The van der Waals surface area contributed by atoms with E-state index in [1.165, 1.54) is 4.57 Å². The molecule has 0 bridgehead atoms. The third-order valence-electron chi connectivity index (χ3n) is 3.64. The summed E-state index contributed by atoms with van der Waals surface area (Å²) in [6, 6.07) is 0. The molecule has 0 saturated carbocycles. The van der Waals surface area contributed by atoms with Crippen molar-refractivity contribution in [2.75, 3.05) is 0 Å². The molecule has 7 heteroatoms. The molecule has 0 atom stereocenters. The van der Waals surface area contributed by atoms with E-state index in [0.29, 0.717) is 12.1 Å². The Morgan fingerprint density at radius 1 is 1.10 bits per heavy atom. The molecule has 2 nitrogen and oxygen atoms in total. The fraction of sp³-hybridized carbons (Fsp3) is 0.286. The smallest absolute Gasteiger partial charge is 0.237 e. The number of fused-ring (bicyclic) bond motifs is 2. The van der Waals surface area contributed by atoms with Crippen molar-refractivity contribution in [3.05, 3.63) is 34.0 Å². The zero-order valence-corrected chi connectivity index (χ0v) is 12.3. The molecule has 0 aliphatic heterocycles. The number of rotatable bonds is 1. The van der Waals surface area contributed by atoms with Crippen molar-refractivity contribution < 1.29 is 22.1 Å². The molecule has 0 amide bonds. The molecular weight excluding hydrogens is 304 g/mol. The normalized spacial score (nSPS) is 11.8. The van der Waals surface area contributed by atoms with Crippen molar-refractivity contribution in [2.24, 2.45) is 7.05 Å². The van der Waals surface area contributed by atoms with E-state index in [1.807, 2.05) is 6.92 Å². The lowest BCUT2D eigenvalue weighted by Gasteiger charge is -2.07. The summed E-state index contributed by atoms with van der Waals surface area (Å²) in [6.07, 6.45) is 0.581. The van der Waals surface area contributed by atoms with Crippen LogP contribution in [0.25, 0.3) is 21.1 Å². The molecular formula is C14H11F4N2S+.